The molecule has 0 radical (unpaired) electrons. The van der Waals surface area contributed by atoms with Gasteiger partial charge in [-0.1, -0.05) is 13.8 Å². The number of likely N-dealkylation sites (N-methyl/N-ethyl adjacent to an activating group) is 1. The Bertz CT molecular complexity index is 254. The molecule has 0 spiro atoms. The second kappa shape index (κ2) is 8.03. The first-order valence-corrected chi connectivity index (χ1v) is 5.75. The normalized spacial score (nSPS) is 12.6. The monoisotopic (exact) mass is 245 g/mol. The highest BCUT2D eigenvalue weighted by atomic mass is 16.3. The molecule has 0 saturated heterocycles. The van der Waals surface area contributed by atoms with Gasteiger partial charge in [0.2, 0.25) is 5.91 Å². The van der Waals surface area contributed by atoms with Crippen molar-refractivity contribution < 1.29 is 14.7 Å². The van der Waals surface area contributed by atoms with Gasteiger partial charge in [0.05, 0.1) is 12.6 Å². The predicted octanol–water partition coefficient (Wildman–Crippen LogP) is -0.219. The third kappa shape index (κ3) is 9.77. The van der Waals surface area contributed by atoms with E-state index in [-0.39, 0.29) is 12.5 Å². The molecule has 0 aliphatic heterocycles. The quantitative estimate of drug-likeness (QED) is 0.604. The van der Waals surface area contributed by atoms with Gasteiger partial charge in [-0.25, -0.2) is 4.79 Å². The van der Waals surface area contributed by atoms with Gasteiger partial charge in [0.1, 0.15) is 0 Å². The molecule has 0 saturated carbocycles. The molecule has 0 fully saturated rings. The molecule has 3 amide bonds. The number of amides is 3. The summed E-state index contributed by atoms with van der Waals surface area (Å²) in [4.78, 5) is 24.3. The first-order chi connectivity index (χ1) is 7.81. The Kier molecular flexibility index (Phi) is 7.49. The molecule has 6 nitrogen and oxygen atoms in total. The number of hydrogen-bond acceptors (Lipinski definition) is 4. The van der Waals surface area contributed by atoms with Crippen molar-refractivity contribution >= 4 is 11.9 Å². The van der Waals surface area contributed by atoms with Gasteiger partial charge in [-0.3, -0.25) is 15.0 Å². The Hall–Kier alpha value is -1.14. The van der Waals surface area contributed by atoms with E-state index in [9.17, 15) is 9.59 Å². The molecule has 0 rings (SSSR count). The van der Waals surface area contributed by atoms with Crippen LogP contribution >= 0.6 is 0 Å². The molecule has 0 aromatic heterocycles. The van der Waals surface area contributed by atoms with Gasteiger partial charge in [-0.2, -0.15) is 0 Å². The minimum Gasteiger partial charge on any atom is -0.392 e. The van der Waals surface area contributed by atoms with Crippen molar-refractivity contribution in [3.8, 4) is 0 Å². The molecule has 100 valence electrons. The largest absolute Gasteiger partial charge is 0.392 e. The van der Waals surface area contributed by atoms with Crippen LogP contribution in [0.5, 0.6) is 0 Å². The summed E-state index contributed by atoms with van der Waals surface area (Å²) in [6.07, 6.45) is -0.498. The first-order valence-electron chi connectivity index (χ1n) is 5.75. The number of carbonyl (C=O) groups is 2. The molecule has 0 aromatic rings. The van der Waals surface area contributed by atoms with Crippen LogP contribution in [0.3, 0.4) is 0 Å². The van der Waals surface area contributed by atoms with Crippen molar-refractivity contribution in [3.05, 3.63) is 0 Å². The number of imide groups is 1. The number of rotatable bonds is 6. The van der Waals surface area contributed by atoms with Gasteiger partial charge < -0.3 is 10.4 Å². The van der Waals surface area contributed by atoms with E-state index in [0.717, 1.165) is 0 Å². The molecule has 17 heavy (non-hydrogen) atoms. The molecule has 6 heteroatoms. The fourth-order valence-electron chi connectivity index (χ4n) is 1.27. The summed E-state index contributed by atoms with van der Waals surface area (Å²) < 4.78 is 0. The zero-order chi connectivity index (χ0) is 13.4. The van der Waals surface area contributed by atoms with E-state index in [1.54, 1.807) is 18.9 Å². The zero-order valence-corrected chi connectivity index (χ0v) is 11.0. The predicted molar refractivity (Wildman–Crippen MR) is 65.6 cm³/mol. The minimum absolute atomic E-state index is 0.0833. The van der Waals surface area contributed by atoms with E-state index in [4.69, 9.17) is 5.11 Å². The zero-order valence-electron chi connectivity index (χ0n) is 11.0. The molecule has 0 bridgehead atoms. The van der Waals surface area contributed by atoms with Crippen LogP contribution in [0.2, 0.25) is 0 Å². The third-order valence-corrected chi connectivity index (χ3v) is 1.91. The Labute approximate surface area is 102 Å². The highest BCUT2D eigenvalue weighted by molar-refractivity contribution is 5.95. The van der Waals surface area contributed by atoms with Crippen molar-refractivity contribution in [2.45, 2.75) is 26.9 Å². The Morgan fingerprint density at radius 2 is 1.88 bits per heavy atom. The van der Waals surface area contributed by atoms with Gasteiger partial charge in [0.25, 0.3) is 0 Å². The standard InChI is InChI=1S/C11H23N3O3/c1-8(2)5-12-11(17)13-10(16)7-14(4)6-9(3)15/h8-9,15H,5-7H2,1-4H3,(H2,12,13,16,17). The molecular weight excluding hydrogens is 222 g/mol. The van der Waals surface area contributed by atoms with Gasteiger partial charge in [0.15, 0.2) is 0 Å². The van der Waals surface area contributed by atoms with Crippen LogP contribution in [-0.2, 0) is 4.79 Å². The fraction of sp³-hybridized carbons (Fsp3) is 0.818. The van der Waals surface area contributed by atoms with Crippen molar-refractivity contribution in [3.63, 3.8) is 0 Å². The van der Waals surface area contributed by atoms with Gasteiger partial charge in [0, 0.05) is 13.1 Å². The third-order valence-electron chi connectivity index (χ3n) is 1.91. The van der Waals surface area contributed by atoms with Crippen LogP contribution in [0.1, 0.15) is 20.8 Å². The van der Waals surface area contributed by atoms with Gasteiger partial charge >= 0.3 is 6.03 Å². The lowest BCUT2D eigenvalue weighted by Crippen LogP contribution is -2.45. The lowest BCUT2D eigenvalue weighted by Gasteiger charge is -2.17. The molecule has 0 heterocycles. The van der Waals surface area contributed by atoms with E-state index in [2.05, 4.69) is 10.6 Å². The van der Waals surface area contributed by atoms with Crippen LogP contribution < -0.4 is 10.6 Å². The van der Waals surface area contributed by atoms with E-state index in [1.165, 1.54) is 0 Å². The van der Waals surface area contributed by atoms with Crippen molar-refractivity contribution in [2.24, 2.45) is 5.92 Å². The molecular formula is C11H23N3O3. The summed E-state index contributed by atoms with van der Waals surface area (Å²) in [5.74, 6) is -0.0387. The molecule has 0 aromatic carbocycles. The van der Waals surface area contributed by atoms with E-state index < -0.39 is 12.1 Å². The van der Waals surface area contributed by atoms with E-state index in [0.29, 0.717) is 19.0 Å². The average molecular weight is 245 g/mol. The number of aliphatic hydroxyl groups excluding tert-OH is 1. The van der Waals surface area contributed by atoms with Crippen LogP contribution in [0.25, 0.3) is 0 Å². The summed E-state index contributed by atoms with van der Waals surface area (Å²) in [7, 11) is 1.71. The number of carbonyl (C=O) groups excluding carboxylic acids is 2. The van der Waals surface area contributed by atoms with Crippen LogP contribution in [0.15, 0.2) is 0 Å². The van der Waals surface area contributed by atoms with Gasteiger partial charge in [-0.05, 0) is 19.9 Å². The second-order valence-corrected chi connectivity index (χ2v) is 4.70. The first kappa shape index (κ1) is 15.9. The fourth-order valence-corrected chi connectivity index (χ4v) is 1.27. The van der Waals surface area contributed by atoms with E-state index >= 15 is 0 Å². The Morgan fingerprint density at radius 3 is 2.35 bits per heavy atom. The van der Waals surface area contributed by atoms with Crippen molar-refractivity contribution in [2.75, 3.05) is 26.7 Å². The Balaban J connectivity index is 3.81. The summed E-state index contributed by atoms with van der Waals surface area (Å²) in [6, 6.07) is -0.478. The average Bonchev–Trinajstić information content (AvgIpc) is 2.12. The summed E-state index contributed by atoms with van der Waals surface area (Å²) >= 11 is 0. The number of aliphatic hydroxyl groups is 1. The number of nitrogens with one attached hydrogen (secondary N) is 2. The summed E-state index contributed by atoms with van der Waals surface area (Å²) in [5, 5.41) is 13.9. The maximum atomic E-state index is 11.4. The molecule has 1 atom stereocenters. The van der Waals surface area contributed by atoms with Crippen LogP contribution in [0.4, 0.5) is 4.79 Å². The lowest BCUT2D eigenvalue weighted by atomic mass is 10.2. The number of hydrogen-bond donors (Lipinski definition) is 3. The summed E-state index contributed by atoms with van der Waals surface area (Å²) in [5.41, 5.74) is 0. The SMILES string of the molecule is CC(C)CNC(=O)NC(=O)CN(C)CC(C)O. The molecule has 0 aliphatic carbocycles. The highest BCUT2D eigenvalue weighted by Crippen LogP contribution is 1.88. The van der Waals surface area contributed by atoms with Gasteiger partial charge in [-0.15, -0.1) is 0 Å². The highest BCUT2D eigenvalue weighted by Gasteiger charge is 2.11. The maximum absolute atomic E-state index is 11.4. The van der Waals surface area contributed by atoms with Crippen molar-refractivity contribution in [1.29, 1.82) is 0 Å². The molecule has 0 aliphatic rings. The topological polar surface area (TPSA) is 81.7 Å². The minimum atomic E-state index is -0.498. The second-order valence-electron chi connectivity index (χ2n) is 4.70. The Morgan fingerprint density at radius 1 is 1.29 bits per heavy atom. The molecule has 1 unspecified atom stereocenters. The van der Waals surface area contributed by atoms with E-state index in [1.807, 2.05) is 13.8 Å². The summed E-state index contributed by atoms with van der Waals surface area (Å²) in [6.45, 7) is 6.59. The van der Waals surface area contributed by atoms with Crippen LogP contribution in [-0.4, -0.2) is 54.7 Å². The lowest BCUT2D eigenvalue weighted by molar-refractivity contribution is -0.121. The maximum Gasteiger partial charge on any atom is 0.321 e. The number of urea groups is 1. The van der Waals surface area contributed by atoms with Crippen molar-refractivity contribution in [1.82, 2.24) is 15.5 Å². The number of nitrogens with zero attached hydrogens (tertiary/aromatic N) is 1. The molecule has 3 N–H and O–H groups in total. The smallest absolute Gasteiger partial charge is 0.321 e. The van der Waals surface area contributed by atoms with Crippen LogP contribution in [0, 0.1) is 5.92 Å².